The summed E-state index contributed by atoms with van der Waals surface area (Å²) in [7, 11) is 0. The maximum atomic E-state index is 11.2. The molecule has 0 spiro atoms. The van der Waals surface area contributed by atoms with Crippen LogP contribution in [0.25, 0.3) is 0 Å². The van der Waals surface area contributed by atoms with E-state index in [1.807, 2.05) is 0 Å². The highest BCUT2D eigenvalue weighted by Crippen LogP contribution is 2.06. The zero-order valence-corrected chi connectivity index (χ0v) is 9.68. The Balaban J connectivity index is 2.44. The van der Waals surface area contributed by atoms with Crippen LogP contribution in [0.1, 0.15) is 12.8 Å². The first-order valence-electron chi connectivity index (χ1n) is 4.05. The van der Waals surface area contributed by atoms with E-state index >= 15 is 0 Å². The lowest BCUT2D eigenvalue weighted by molar-refractivity contribution is -0.116. The van der Waals surface area contributed by atoms with Crippen molar-refractivity contribution in [3.63, 3.8) is 0 Å². The number of anilines is 1. The number of nitrogens with zero attached hydrogens (tertiary/aromatic N) is 2. The summed E-state index contributed by atoms with van der Waals surface area (Å²) >= 11 is 8.61. The van der Waals surface area contributed by atoms with Crippen LogP contribution in [0.4, 0.5) is 5.82 Å². The van der Waals surface area contributed by atoms with E-state index in [-0.39, 0.29) is 5.91 Å². The van der Waals surface area contributed by atoms with E-state index in [2.05, 4.69) is 31.2 Å². The number of hydrogen-bond acceptors (Lipinski definition) is 3. The molecule has 1 amide bonds. The minimum absolute atomic E-state index is 0.0951. The average molecular weight is 279 g/mol. The highest BCUT2D eigenvalue weighted by molar-refractivity contribution is 9.10. The molecule has 1 N–H and O–H groups in total. The molecule has 0 bridgehead atoms. The number of aromatic nitrogens is 2. The molecule has 0 saturated heterocycles. The van der Waals surface area contributed by atoms with Gasteiger partial charge in [-0.2, -0.15) is 0 Å². The highest BCUT2D eigenvalue weighted by atomic mass is 79.9. The number of rotatable bonds is 4. The Morgan fingerprint density at radius 1 is 1.50 bits per heavy atom. The van der Waals surface area contributed by atoms with Crippen molar-refractivity contribution in [1.29, 1.82) is 0 Å². The fraction of sp³-hybridized carbons (Fsp3) is 0.375. The Labute approximate surface area is 95.2 Å². The molecule has 6 heteroatoms. The van der Waals surface area contributed by atoms with Crippen molar-refractivity contribution in [1.82, 2.24) is 9.97 Å². The number of amides is 1. The smallest absolute Gasteiger partial charge is 0.225 e. The second-order valence-corrected chi connectivity index (χ2v) is 3.76. The maximum absolute atomic E-state index is 11.2. The quantitative estimate of drug-likeness (QED) is 0.859. The van der Waals surface area contributed by atoms with E-state index in [1.165, 1.54) is 12.4 Å². The van der Waals surface area contributed by atoms with Crippen molar-refractivity contribution in [2.24, 2.45) is 0 Å². The molecule has 0 unspecified atom stereocenters. The second-order valence-electron chi connectivity index (χ2n) is 2.57. The van der Waals surface area contributed by atoms with Gasteiger partial charge in [0.05, 0.1) is 12.4 Å². The molecule has 1 aromatic heterocycles. The molecule has 1 heterocycles. The summed E-state index contributed by atoms with van der Waals surface area (Å²) in [6, 6.07) is 0. The summed E-state index contributed by atoms with van der Waals surface area (Å²) in [5, 5.41) is 2.61. The monoisotopic (exact) mass is 277 g/mol. The first-order valence-corrected chi connectivity index (χ1v) is 5.38. The van der Waals surface area contributed by atoms with Crippen LogP contribution in [0.3, 0.4) is 0 Å². The standard InChI is InChI=1S/C8H9BrClN3O/c9-6-4-12-7(5-11-6)13-8(14)2-1-3-10/h4-5H,1-3H2,(H,12,13,14). The van der Waals surface area contributed by atoms with Gasteiger partial charge in [0.1, 0.15) is 4.60 Å². The number of carbonyl (C=O) groups is 1. The summed E-state index contributed by atoms with van der Waals surface area (Å²) in [6.07, 6.45) is 4.08. The van der Waals surface area contributed by atoms with Crippen LogP contribution in [-0.2, 0) is 4.79 Å². The lowest BCUT2D eigenvalue weighted by Crippen LogP contribution is -2.12. The summed E-state index contributed by atoms with van der Waals surface area (Å²) in [6.45, 7) is 0. The molecular weight excluding hydrogens is 269 g/mol. The van der Waals surface area contributed by atoms with Crippen molar-refractivity contribution in [3.8, 4) is 0 Å². The molecule has 0 atom stereocenters. The molecule has 14 heavy (non-hydrogen) atoms. The highest BCUT2D eigenvalue weighted by Gasteiger charge is 2.02. The van der Waals surface area contributed by atoms with Gasteiger partial charge in [0.2, 0.25) is 5.91 Å². The van der Waals surface area contributed by atoms with Crippen molar-refractivity contribution >= 4 is 39.3 Å². The topological polar surface area (TPSA) is 54.9 Å². The van der Waals surface area contributed by atoms with Crippen LogP contribution >= 0.6 is 27.5 Å². The van der Waals surface area contributed by atoms with E-state index < -0.39 is 0 Å². The third-order valence-corrected chi connectivity index (χ3v) is 2.10. The van der Waals surface area contributed by atoms with Gasteiger partial charge >= 0.3 is 0 Å². The molecule has 0 saturated carbocycles. The molecule has 0 radical (unpaired) electrons. The Bertz CT molecular complexity index is 304. The molecule has 76 valence electrons. The molecule has 1 aromatic rings. The summed E-state index contributed by atoms with van der Waals surface area (Å²) in [5.41, 5.74) is 0. The van der Waals surface area contributed by atoms with Crippen molar-refractivity contribution < 1.29 is 4.79 Å². The van der Waals surface area contributed by atoms with E-state index in [1.54, 1.807) is 0 Å². The van der Waals surface area contributed by atoms with Crippen molar-refractivity contribution in [2.45, 2.75) is 12.8 Å². The SMILES string of the molecule is O=C(CCCCl)Nc1cnc(Br)cn1. The lowest BCUT2D eigenvalue weighted by atomic mass is 10.3. The minimum atomic E-state index is -0.0951. The average Bonchev–Trinajstić information content (AvgIpc) is 2.18. The maximum Gasteiger partial charge on any atom is 0.225 e. The molecule has 4 nitrogen and oxygen atoms in total. The van der Waals surface area contributed by atoms with Gasteiger partial charge in [0.15, 0.2) is 5.82 Å². The minimum Gasteiger partial charge on any atom is -0.309 e. The van der Waals surface area contributed by atoms with Gasteiger partial charge in [-0.3, -0.25) is 4.79 Å². The summed E-state index contributed by atoms with van der Waals surface area (Å²) in [4.78, 5) is 19.1. The number of nitrogens with one attached hydrogen (secondary N) is 1. The van der Waals surface area contributed by atoms with Crippen LogP contribution in [-0.4, -0.2) is 21.8 Å². The third kappa shape index (κ3) is 4.02. The fourth-order valence-electron chi connectivity index (χ4n) is 0.810. The number of halogens is 2. The van der Waals surface area contributed by atoms with Crippen LogP contribution in [0.2, 0.25) is 0 Å². The number of alkyl halides is 1. The second kappa shape index (κ2) is 5.93. The Morgan fingerprint density at radius 2 is 2.29 bits per heavy atom. The molecular formula is C8H9BrClN3O. The first-order chi connectivity index (χ1) is 6.72. The number of hydrogen-bond donors (Lipinski definition) is 1. The van der Waals surface area contributed by atoms with Crippen LogP contribution in [0.15, 0.2) is 17.0 Å². The lowest BCUT2D eigenvalue weighted by Gasteiger charge is -2.02. The van der Waals surface area contributed by atoms with Gasteiger partial charge in [-0.1, -0.05) is 0 Å². The zero-order valence-electron chi connectivity index (χ0n) is 7.33. The van der Waals surface area contributed by atoms with Gasteiger partial charge in [-0.05, 0) is 22.4 Å². The van der Waals surface area contributed by atoms with E-state index in [0.29, 0.717) is 29.1 Å². The molecule has 1 rings (SSSR count). The molecule has 0 fully saturated rings. The molecule has 0 aromatic carbocycles. The van der Waals surface area contributed by atoms with E-state index in [9.17, 15) is 4.79 Å². The predicted octanol–water partition coefficient (Wildman–Crippen LogP) is 2.20. The van der Waals surface area contributed by atoms with Gasteiger partial charge in [-0.25, -0.2) is 9.97 Å². The van der Waals surface area contributed by atoms with Gasteiger partial charge in [0.25, 0.3) is 0 Å². The third-order valence-electron chi connectivity index (χ3n) is 1.43. The molecule has 0 aliphatic carbocycles. The first kappa shape index (κ1) is 11.4. The zero-order chi connectivity index (χ0) is 10.4. The van der Waals surface area contributed by atoms with Gasteiger partial charge in [0, 0.05) is 12.3 Å². The van der Waals surface area contributed by atoms with Crippen molar-refractivity contribution in [2.75, 3.05) is 11.2 Å². The number of carbonyl (C=O) groups excluding carboxylic acids is 1. The largest absolute Gasteiger partial charge is 0.309 e. The predicted molar refractivity (Wildman–Crippen MR) is 58.3 cm³/mol. The van der Waals surface area contributed by atoms with Crippen LogP contribution < -0.4 is 5.32 Å². The van der Waals surface area contributed by atoms with E-state index in [0.717, 1.165) is 0 Å². The summed E-state index contributed by atoms with van der Waals surface area (Å²) < 4.78 is 0.635. The summed E-state index contributed by atoms with van der Waals surface area (Å²) in [5.74, 6) is 0.842. The molecule has 0 aliphatic heterocycles. The normalized spacial score (nSPS) is 9.86. The Kier molecular flexibility index (Phi) is 4.82. The van der Waals surface area contributed by atoms with E-state index in [4.69, 9.17) is 11.6 Å². The van der Waals surface area contributed by atoms with Crippen LogP contribution in [0.5, 0.6) is 0 Å². The van der Waals surface area contributed by atoms with Crippen LogP contribution in [0, 0.1) is 0 Å². The fourth-order valence-corrected chi connectivity index (χ4v) is 1.15. The Hall–Kier alpha value is -0.680. The molecule has 0 aliphatic rings. The van der Waals surface area contributed by atoms with Gasteiger partial charge in [-0.15, -0.1) is 11.6 Å². The van der Waals surface area contributed by atoms with Crippen molar-refractivity contribution in [3.05, 3.63) is 17.0 Å². The van der Waals surface area contributed by atoms with Gasteiger partial charge < -0.3 is 5.32 Å². The Morgan fingerprint density at radius 3 is 2.86 bits per heavy atom.